The first-order chi connectivity index (χ1) is 6.34. The maximum absolute atomic E-state index is 12.7. The van der Waals surface area contributed by atoms with Gasteiger partial charge in [-0.15, -0.1) is 0 Å². The summed E-state index contributed by atoms with van der Waals surface area (Å²) in [6.07, 6.45) is 3.11. The Balaban J connectivity index is 2.19. The Morgan fingerprint density at radius 1 is 1.31 bits per heavy atom. The van der Waals surface area contributed by atoms with Crippen molar-refractivity contribution in [3.05, 3.63) is 42.5 Å². The molecule has 0 aliphatic rings. The Kier molecular flexibility index (Phi) is 1.96. The molecule has 4 heteroatoms. The maximum atomic E-state index is 12.7. The second-order valence-corrected chi connectivity index (χ2v) is 2.49. The molecule has 0 radical (unpaired) electrons. The Labute approximate surface area is 74.2 Å². The van der Waals surface area contributed by atoms with Crippen molar-refractivity contribution in [3.8, 4) is 11.5 Å². The molecule has 0 unspecified atom stereocenters. The smallest absolute Gasteiger partial charge is 0.165 e. The lowest BCUT2D eigenvalue weighted by atomic mass is 10.3. The molecule has 0 aliphatic heterocycles. The highest BCUT2D eigenvalue weighted by Crippen LogP contribution is 2.19. The quantitative estimate of drug-likeness (QED) is 0.766. The summed E-state index contributed by atoms with van der Waals surface area (Å²) in [6, 6.07) is 5.94. The first-order valence-electron chi connectivity index (χ1n) is 3.77. The second-order valence-electron chi connectivity index (χ2n) is 2.49. The van der Waals surface area contributed by atoms with Crippen LogP contribution in [0.5, 0.6) is 11.5 Å². The van der Waals surface area contributed by atoms with Gasteiger partial charge in [0, 0.05) is 6.07 Å². The van der Waals surface area contributed by atoms with Crippen LogP contribution in [0, 0.1) is 5.82 Å². The highest BCUT2D eigenvalue weighted by molar-refractivity contribution is 5.27. The molecule has 3 nitrogen and oxygen atoms in total. The van der Waals surface area contributed by atoms with E-state index in [0.29, 0.717) is 11.5 Å². The van der Waals surface area contributed by atoms with Crippen LogP contribution >= 0.6 is 0 Å². The van der Waals surface area contributed by atoms with E-state index in [9.17, 15) is 4.39 Å². The third-order valence-electron chi connectivity index (χ3n) is 1.50. The molecule has 0 saturated carbocycles. The molecule has 2 rings (SSSR count). The van der Waals surface area contributed by atoms with Crippen LogP contribution in [0.2, 0.25) is 0 Å². The van der Waals surface area contributed by atoms with Gasteiger partial charge in [-0.2, -0.15) is 5.10 Å². The van der Waals surface area contributed by atoms with Crippen LogP contribution in [0.1, 0.15) is 0 Å². The summed E-state index contributed by atoms with van der Waals surface area (Å²) in [7, 11) is 0. The van der Waals surface area contributed by atoms with Crippen molar-refractivity contribution in [1.29, 1.82) is 0 Å². The number of nitrogens with zero attached hydrogens (tertiary/aromatic N) is 1. The molecule has 2 aromatic rings. The molecular formula is C9H7FN2O. The number of ether oxygens (including phenoxy) is 1. The van der Waals surface area contributed by atoms with Gasteiger partial charge in [0.15, 0.2) is 5.75 Å². The van der Waals surface area contributed by atoms with Crippen LogP contribution in [0.25, 0.3) is 0 Å². The third-order valence-corrected chi connectivity index (χ3v) is 1.50. The number of hydrogen-bond acceptors (Lipinski definition) is 2. The molecule has 13 heavy (non-hydrogen) atoms. The lowest BCUT2D eigenvalue weighted by molar-refractivity contribution is 0.477. The molecular weight excluding hydrogens is 171 g/mol. The van der Waals surface area contributed by atoms with E-state index in [1.165, 1.54) is 18.3 Å². The average molecular weight is 178 g/mol. The van der Waals surface area contributed by atoms with Gasteiger partial charge in [0.05, 0.1) is 12.4 Å². The normalized spacial score (nSPS) is 9.92. The van der Waals surface area contributed by atoms with Gasteiger partial charge in [-0.3, -0.25) is 5.10 Å². The van der Waals surface area contributed by atoms with Crippen molar-refractivity contribution in [1.82, 2.24) is 10.2 Å². The van der Waals surface area contributed by atoms with Crippen LogP contribution in [0.15, 0.2) is 36.7 Å². The minimum Gasteiger partial charge on any atom is -0.454 e. The van der Waals surface area contributed by atoms with Crippen molar-refractivity contribution >= 4 is 0 Å². The Morgan fingerprint density at radius 2 is 2.23 bits per heavy atom. The monoisotopic (exact) mass is 178 g/mol. The van der Waals surface area contributed by atoms with Crippen molar-refractivity contribution in [2.45, 2.75) is 0 Å². The number of nitrogens with one attached hydrogen (secondary N) is 1. The second kappa shape index (κ2) is 3.26. The largest absolute Gasteiger partial charge is 0.454 e. The fourth-order valence-corrected chi connectivity index (χ4v) is 0.961. The average Bonchev–Trinajstić information content (AvgIpc) is 2.57. The zero-order chi connectivity index (χ0) is 9.10. The van der Waals surface area contributed by atoms with E-state index >= 15 is 0 Å². The summed E-state index contributed by atoms with van der Waals surface area (Å²) >= 11 is 0. The van der Waals surface area contributed by atoms with E-state index in [0.717, 1.165) is 0 Å². The van der Waals surface area contributed by atoms with Crippen molar-refractivity contribution in [3.63, 3.8) is 0 Å². The number of rotatable bonds is 2. The van der Waals surface area contributed by atoms with E-state index in [1.54, 1.807) is 18.3 Å². The predicted molar refractivity (Wildman–Crippen MR) is 45.1 cm³/mol. The molecule has 0 amide bonds. The minimum atomic E-state index is -0.319. The van der Waals surface area contributed by atoms with E-state index in [-0.39, 0.29) is 5.82 Å². The van der Waals surface area contributed by atoms with Crippen LogP contribution in [-0.4, -0.2) is 10.2 Å². The number of hydrogen-bond donors (Lipinski definition) is 1. The highest BCUT2D eigenvalue weighted by atomic mass is 19.1. The Bertz CT molecular complexity index is 386. The topological polar surface area (TPSA) is 37.9 Å². The van der Waals surface area contributed by atoms with Crippen LogP contribution in [0.3, 0.4) is 0 Å². The molecule has 0 spiro atoms. The van der Waals surface area contributed by atoms with E-state index in [1.807, 2.05) is 0 Å². The standard InChI is InChI=1S/C9H7FN2O/c10-7-2-1-3-8(4-7)13-9-5-11-12-6-9/h1-6H,(H,11,12). The summed E-state index contributed by atoms with van der Waals surface area (Å²) < 4.78 is 18.0. The van der Waals surface area contributed by atoms with E-state index < -0.39 is 0 Å². The lowest BCUT2D eigenvalue weighted by Crippen LogP contribution is -1.82. The first-order valence-corrected chi connectivity index (χ1v) is 3.77. The zero-order valence-corrected chi connectivity index (χ0v) is 6.70. The third kappa shape index (κ3) is 1.84. The molecule has 0 saturated heterocycles. The van der Waals surface area contributed by atoms with Gasteiger partial charge in [-0.05, 0) is 12.1 Å². The van der Waals surface area contributed by atoms with Gasteiger partial charge < -0.3 is 4.74 Å². The van der Waals surface area contributed by atoms with Crippen LogP contribution in [-0.2, 0) is 0 Å². The summed E-state index contributed by atoms with van der Waals surface area (Å²) in [5, 5.41) is 6.29. The molecule has 0 fully saturated rings. The molecule has 1 aromatic carbocycles. The molecule has 0 atom stereocenters. The van der Waals surface area contributed by atoms with Crippen LogP contribution < -0.4 is 4.74 Å². The van der Waals surface area contributed by atoms with Gasteiger partial charge >= 0.3 is 0 Å². The van der Waals surface area contributed by atoms with E-state index in [4.69, 9.17) is 4.74 Å². The lowest BCUT2D eigenvalue weighted by Gasteiger charge is -2.00. The van der Waals surface area contributed by atoms with Gasteiger partial charge in [-0.1, -0.05) is 6.07 Å². The highest BCUT2D eigenvalue weighted by Gasteiger charge is 1.98. The van der Waals surface area contributed by atoms with Crippen molar-refractivity contribution in [2.75, 3.05) is 0 Å². The van der Waals surface area contributed by atoms with Crippen molar-refractivity contribution in [2.24, 2.45) is 0 Å². The SMILES string of the molecule is Fc1cccc(Oc2cn[nH]c2)c1. The summed E-state index contributed by atoms with van der Waals surface area (Å²) in [5.74, 6) is 0.702. The molecule has 1 aromatic heterocycles. The number of H-pyrrole nitrogens is 1. The first kappa shape index (κ1) is 7.79. The van der Waals surface area contributed by atoms with Crippen LogP contribution in [0.4, 0.5) is 4.39 Å². The van der Waals surface area contributed by atoms with E-state index in [2.05, 4.69) is 10.2 Å². The number of aromatic nitrogens is 2. The van der Waals surface area contributed by atoms with Crippen molar-refractivity contribution < 1.29 is 9.13 Å². The van der Waals surface area contributed by atoms with Gasteiger partial charge in [0.1, 0.15) is 11.6 Å². The summed E-state index contributed by atoms with van der Waals surface area (Å²) in [5.41, 5.74) is 0. The zero-order valence-electron chi connectivity index (χ0n) is 6.70. The maximum Gasteiger partial charge on any atom is 0.165 e. The number of halogens is 1. The molecule has 1 N–H and O–H groups in total. The van der Waals surface area contributed by atoms with Gasteiger partial charge in [0.25, 0.3) is 0 Å². The van der Waals surface area contributed by atoms with Gasteiger partial charge in [0.2, 0.25) is 0 Å². The number of benzene rings is 1. The minimum absolute atomic E-state index is 0.319. The predicted octanol–water partition coefficient (Wildman–Crippen LogP) is 2.34. The molecule has 1 heterocycles. The Morgan fingerprint density at radius 3 is 2.92 bits per heavy atom. The Hall–Kier alpha value is -1.84. The van der Waals surface area contributed by atoms with Gasteiger partial charge in [-0.25, -0.2) is 4.39 Å². The fourth-order valence-electron chi connectivity index (χ4n) is 0.961. The molecule has 66 valence electrons. The molecule has 0 aliphatic carbocycles. The summed E-state index contributed by atoms with van der Waals surface area (Å²) in [6.45, 7) is 0. The number of aromatic amines is 1. The summed E-state index contributed by atoms with van der Waals surface area (Å²) in [4.78, 5) is 0. The molecule has 0 bridgehead atoms. The fraction of sp³-hybridized carbons (Fsp3) is 0.